The number of fused-ring (bicyclic) bond motifs is 1. The van der Waals surface area contributed by atoms with Gasteiger partial charge in [0.05, 0.1) is 17.5 Å². The zero-order valence-electron chi connectivity index (χ0n) is 18.5. The molecule has 0 saturated carbocycles. The van der Waals surface area contributed by atoms with Gasteiger partial charge in [0.2, 0.25) is 0 Å². The van der Waals surface area contributed by atoms with Crippen LogP contribution in [0.1, 0.15) is 17.2 Å². The maximum atomic E-state index is 12.8. The van der Waals surface area contributed by atoms with Crippen molar-refractivity contribution in [3.63, 3.8) is 0 Å². The van der Waals surface area contributed by atoms with E-state index >= 15 is 0 Å². The van der Waals surface area contributed by atoms with Crippen molar-refractivity contribution in [3.05, 3.63) is 96.2 Å². The molecule has 2 unspecified atom stereocenters. The summed E-state index contributed by atoms with van der Waals surface area (Å²) in [5, 5.41) is 11.9. The average molecular weight is 506 g/mol. The summed E-state index contributed by atoms with van der Waals surface area (Å²) in [6, 6.07) is 19.3. The first-order valence-corrected chi connectivity index (χ1v) is 12.0. The molecular weight excluding hydrogens is 483 g/mol. The highest BCUT2D eigenvalue weighted by Gasteiger charge is 2.32. The van der Waals surface area contributed by atoms with Crippen LogP contribution in [0.5, 0.6) is 5.75 Å². The number of aryl methyl sites for hydroxylation is 1. The number of alkyl halides is 3. The molecule has 184 valence electrons. The number of aliphatic hydroxyl groups is 1. The number of nitrogens with zero attached hydrogens (tertiary/aromatic N) is 1. The van der Waals surface area contributed by atoms with Gasteiger partial charge in [-0.25, -0.2) is 0 Å². The molecule has 1 heterocycles. The van der Waals surface area contributed by atoms with Gasteiger partial charge in [0.1, 0.15) is 11.9 Å². The molecule has 0 aliphatic heterocycles. The molecule has 4 rings (SSSR count). The number of benzene rings is 3. The zero-order chi connectivity index (χ0) is 25.2. The molecule has 2 atom stereocenters. The van der Waals surface area contributed by atoms with Gasteiger partial charge in [0, 0.05) is 11.7 Å². The highest BCUT2D eigenvalue weighted by Crippen LogP contribution is 2.32. The third kappa shape index (κ3) is 5.84. The first kappa shape index (κ1) is 24.8. The van der Waals surface area contributed by atoms with Crippen molar-refractivity contribution in [1.29, 1.82) is 0 Å². The van der Waals surface area contributed by atoms with E-state index in [1.54, 1.807) is 41.1 Å². The number of rotatable bonds is 8. The van der Waals surface area contributed by atoms with E-state index in [-0.39, 0.29) is 10.5 Å². The molecule has 10 heteroatoms. The summed E-state index contributed by atoms with van der Waals surface area (Å²) in [5.74, 6) is -0.461. The van der Waals surface area contributed by atoms with Crippen molar-refractivity contribution < 1.29 is 35.6 Å². The third-order valence-corrected chi connectivity index (χ3v) is 6.73. The zero-order valence-corrected chi connectivity index (χ0v) is 19.3. The second kappa shape index (κ2) is 9.73. The lowest BCUT2D eigenvalue weighted by molar-refractivity contribution is -0.274. The average Bonchev–Trinajstić information content (AvgIpc) is 3.21. The largest absolute Gasteiger partial charge is 0.573 e. The molecule has 0 fully saturated rings. The van der Waals surface area contributed by atoms with Gasteiger partial charge >= 0.3 is 6.36 Å². The van der Waals surface area contributed by atoms with Crippen molar-refractivity contribution in [1.82, 2.24) is 4.57 Å². The van der Waals surface area contributed by atoms with E-state index in [4.69, 9.17) is 4.18 Å². The van der Waals surface area contributed by atoms with Crippen LogP contribution in [-0.2, 0) is 14.3 Å². The van der Waals surface area contributed by atoms with Gasteiger partial charge in [-0.2, -0.15) is 8.42 Å². The molecule has 0 amide bonds. The normalized spacial score (nSPS) is 14.1. The smallest absolute Gasteiger partial charge is 0.406 e. The molecule has 0 radical (unpaired) electrons. The van der Waals surface area contributed by atoms with Crippen LogP contribution in [0.3, 0.4) is 0 Å². The number of para-hydroxylation sites is 1. The summed E-state index contributed by atoms with van der Waals surface area (Å²) in [5.41, 5.74) is 1.83. The van der Waals surface area contributed by atoms with E-state index in [0.717, 1.165) is 23.1 Å². The van der Waals surface area contributed by atoms with Gasteiger partial charge in [-0.3, -0.25) is 4.18 Å². The second-order valence-corrected chi connectivity index (χ2v) is 9.58. The fourth-order valence-corrected chi connectivity index (χ4v) is 4.76. The van der Waals surface area contributed by atoms with Gasteiger partial charge in [0.25, 0.3) is 10.1 Å². The maximum Gasteiger partial charge on any atom is 0.573 e. The number of aliphatic hydroxyl groups excluding tert-OH is 1. The van der Waals surface area contributed by atoms with Crippen LogP contribution >= 0.6 is 0 Å². The third-order valence-electron chi connectivity index (χ3n) is 5.43. The van der Waals surface area contributed by atoms with Crippen molar-refractivity contribution in [2.45, 2.75) is 30.3 Å². The lowest BCUT2D eigenvalue weighted by Gasteiger charge is -2.26. The Hall–Kier alpha value is -3.34. The topological polar surface area (TPSA) is 77.8 Å². The van der Waals surface area contributed by atoms with Crippen molar-refractivity contribution in [2.24, 2.45) is 0 Å². The fourth-order valence-electron chi connectivity index (χ4n) is 3.83. The predicted molar refractivity (Wildman–Crippen MR) is 124 cm³/mol. The van der Waals surface area contributed by atoms with Crippen LogP contribution in [0, 0.1) is 6.92 Å². The molecule has 6 nitrogen and oxygen atoms in total. The summed E-state index contributed by atoms with van der Waals surface area (Å²) < 4.78 is 74.5. The lowest BCUT2D eigenvalue weighted by atomic mass is 10.0. The second-order valence-electron chi connectivity index (χ2n) is 7.97. The van der Waals surface area contributed by atoms with Crippen LogP contribution in [0.4, 0.5) is 13.2 Å². The molecular formula is C25H22F3NO5S. The van der Waals surface area contributed by atoms with Crippen LogP contribution in [-0.4, -0.2) is 37.2 Å². The van der Waals surface area contributed by atoms with Gasteiger partial charge in [0.15, 0.2) is 0 Å². The Labute approximate surface area is 200 Å². The molecule has 3 aromatic carbocycles. The van der Waals surface area contributed by atoms with Crippen molar-refractivity contribution in [2.75, 3.05) is 6.61 Å². The fraction of sp³-hybridized carbons (Fsp3) is 0.200. The number of hydrogen-bond donors (Lipinski definition) is 1. The number of halogens is 3. The predicted octanol–water partition coefficient (Wildman–Crippen LogP) is 5.20. The van der Waals surface area contributed by atoms with Gasteiger partial charge in [-0.15, -0.1) is 13.2 Å². The molecule has 0 bridgehead atoms. The Morgan fingerprint density at radius 1 is 0.971 bits per heavy atom. The molecule has 35 heavy (non-hydrogen) atoms. The first-order valence-electron chi connectivity index (χ1n) is 10.6. The summed E-state index contributed by atoms with van der Waals surface area (Å²) in [7, 11) is -4.17. The van der Waals surface area contributed by atoms with E-state index in [2.05, 4.69) is 4.74 Å². The maximum absolute atomic E-state index is 12.8. The molecule has 0 saturated heterocycles. The van der Waals surface area contributed by atoms with E-state index < -0.39 is 41.0 Å². The Morgan fingerprint density at radius 3 is 2.40 bits per heavy atom. The lowest BCUT2D eigenvalue weighted by Crippen LogP contribution is -2.30. The minimum Gasteiger partial charge on any atom is -0.406 e. The Morgan fingerprint density at radius 2 is 1.69 bits per heavy atom. The standard InChI is InChI=1S/C25H22F3NO5S/c1-17-9-11-21(12-10-17)35(31,32)33-16-23(30)24(29-14-13-18-5-2-3-8-22(18)29)19-6-4-7-20(15-19)34-25(26,27)28/h2-15,23-24,30H,16H2,1H3. The molecule has 1 aromatic heterocycles. The molecule has 0 spiro atoms. The quantitative estimate of drug-likeness (QED) is 0.333. The number of hydrogen-bond acceptors (Lipinski definition) is 5. The SMILES string of the molecule is Cc1ccc(S(=O)(=O)OCC(O)C(c2cccc(OC(F)(F)F)c2)n2ccc3ccccc32)cc1. The van der Waals surface area contributed by atoms with Gasteiger partial charge < -0.3 is 14.4 Å². The Balaban J connectivity index is 1.68. The Kier molecular flexibility index (Phi) is 6.88. The van der Waals surface area contributed by atoms with Gasteiger partial charge in [-0.05, 0) is 54.3 Å². The van der Waals surface area contributed by atoms with Crippen LogP contribution < -0.4 is 4.74 Å². The van der Waals surface area contributed by atoms with E-state index in [9.17, 15) is 26.7 Å². The van der Waals surface area contributed by atoms with Crippen LogP contribution in [0.2, 0.25) is 0 Å². The monoisotopic (exact) mass is 505 g/mol. The van der Waals surface area contributed by atoms with E-state index in [0.29, 0.717) is 5.52 Å². The Bertz CT molecular complexity index is 1420. The van der Waals surface area contributed by atoms with E-state index in [1.165, 1.54) is 24.3 Å². The summed E-state index contributed by atoms with van der Waals surface area (Å²) >= 11 is 0. The summed E-state index contributed by atoms with van der Waals surface area (Å²) in [4.78, 5) is -0.0705. The highest BCUT2D eigenvalue weighted by molar-refractivity contribution is 7.86. The van der Waals surface area contributed by atoms with Crippen molar-refractivity contribution in [3.8, 4) is 5.75 Å². The van der Waals surface area contributed by atoms with E-state index in [1.807, 2.05) is 19.1 Å². The van der Waals surface area contributed by atoms with Crippen LogP contribution in [0.15, 0.2) is 90.0 Å². The first-order chi connectivity index (χ1) is 16.5. The molecule has 4 aromatic rings. The number of aromatic nitrogens is 1. The minimum absolute atomic E-state index is 0.0705. The highest BCUT2D eigenvalue weighted by atomic mass is 32.2. The summed E-state index contributed by atoms with van der Waals surface area (Å²) in [6.07, 6.45) is -4.66. The van der Waals surface area contributed by atoms with Crippen LogP contribution in [0.25, 0.3) is 10.9 Å². The molecule has 1 N–H and O–H groups in total. The molecule has 0 aliphatic rings. The minimum atomic E-state index is -4.89. The molecule has 0 aliphatic carbocycles. The van der Waals surface area contributed by atoms with Gasteiger partial charge in [-0.1, -0.05) is 48.0 Å². The summed E-state index contributed by atoms with van der Waals surface area (Å²) in [6.45, 7) is 1.18. The van der Waals surface area contributed by atoms with Crippen molar-refractivity contribution >= 4 is 21.0 Å². The number of ether oxygens (including phenoxy) is 1.